The number of hydrogen-bond donors (Lipinski definition) is 0. The van der Waals surface area contributed by atoms with E-state index in [1.807, 2.05) is 30.3 Å². The molecule has 3 rings (SSSR count). The molecule has 3 nitrogen and oxygen atoms in total. The molecule has 0 unspecified atom stereocenters. The van der Waals surface area contributed by atoms with Crippen LogP contribution in [0.15, 0.2) is 30.3 Å². The maximum absolute atomic E-state index is 12.7. The number of carbonyl (C=O) groups is 1. The summed E-state index contributed by atoms with van der Waals surface area (Å²) in [5.74, 6) is 0.923. The Balaban J connectivity index is 1.76. The van der Waals surface area contributed by atoms with Crippen LogP contribution in [0, 0.1) is 10.8 Å². The number of benzene rings is 1. The van der Waals surface area contributed by atoms with E-state index in [1.165, 1.54) is 6.42 Å². The van der Waals surface area contributed by atoms with Crippen LogP contribution in [0.2, 0.25) is 0 Å². The molecule has 1 amide bonds. The fraction of sp³-hybridized carbons (Fsp3) is 0.550. The smallest absolute Gasteiger partial charge is 0.246 e. The van der Waals surface area contributed by atoms with Crippen molar-refractivity contribution in [1.29, 1.82) is 0 Å². The molecule has 1 aliphatic carbocycles. The van der Waals surface area contributed by atoms with Gasteiger partial charge in [-0.15, -0.1) is 0 Å². The minimum Gasteiger partial charge on any atom is -0.496 e. The number of fused-ring (bicyclic) bond motifs is 2. The Morgan fingerprint density at radius 1 is 1.26 bits per heavy atom. The van der Waals surface area contributed by atoms with Gasteiger partial charge in [0, 0.05) is 24.2 Å². The lowest BCUT2D eigenvalue weighted by atomic mass is 9.65. The zero-order valence-corrected chi connectivity index (χ0v) is 14.6. The molecule has 0 spiro atoms. The monoisotopic (exact) mass is 313 g/mol. The Hall–Kier alpha value is -1.77. The third-order valence-corrected chi connectivity index (χ3v) is 5.24. The average Bonchev–Trinajstić information content (AvgIpc) is 2.74. The molecular formula is C20H27NO2. The van der Waals surface area contributed by atoms with Crippen molar-refractivity contribution in [2.24, 2.45) is 10.8 Å². The average molecular weight is 313 g/mol. The van der Waals surface area contributed by atoms with Crippen molar-refractivity contribution in [3.63, 3.8) is 0 Å². The van der Waals surface area contributed by atoms with Crippen molar-refractivity contribution in [3.8, 4) is 5.75 Å². The first-order valence-corrected chi connectivity index (χ1v) is 8.44. The number of para-hydroxylation sites is 1. The van der Waals surface area contributed by atoms with Crippen molar-refractivity contribution in [2.75, 3.05) is 13.7 Å². The van der Waals surface area contributed by atoms with Crippen molar-refractivity contribution < 1.29 is 9.53 Å². The van der Waals surface area contributed by atoms with Gasteiger partial charge >= 0.3 is 0 Å². The van der Waals surface area contributed by atoms with Crippen LogP contribution in [0.5, 0.6) is 5.75 Å². The van der Waals surface area contributed by atoms with Gasteiger partial charge in [-0.05, 0) is 42.2 Å². The zero-order chi connectivity index (χ0) is 16.7. The number of carbonyl (C=O) groups excluding carboxylic acids is 1. The molecule has 1 saturated heterocycles. The minimum absolute atomic E-state index is 0.127. The molecular weight excluding hydrogens is 286 g/mol. The van der Waals surface area contributed by atoms with Gasteiger partial charge in [-0.25, -0.2) is 0 Å². The van der Waals surface area contributed by atoms with Crippen LogP contribution < -0.4 is 4.74 Å². The quantitative estimate of drug-likeness (QED) is 0.785. The number of hydrogen-bond acceptors (Lipinski definition) is 2. The van der Waals surface area contributed by atoms with Crippen molar-refractivity contribution in [3.05, 3.63) is 35.9 Å². The molecule has 1 aromatic carbocycles. The van der Waals surface area contributed by atoms with Crippen LogP contribution in [-0.4, -0.2) is 30.5 Å². The Kier molecular flexibility index (Phi) is 3.99. The van der Waals surface area contributed by atoms with Gasteiger partial charge in [-0.2, -0.15) is 0 Å². The number of ether oxygens (including phenoxy) is 1. The second-order valence-corrected chi connectivity index (χ2v) is 8.26. The Morgan fingerprint density at radius 3 is 2.74 bits per heavy atom. The van der Waals surface area contributed by atoms with E-state index >= 15 is 0 Å². The zero-order valence-electron chi connectivity index (χ0n) is 14.6. The van der Waals surface area contributed by atoms with Gasteiger partial charge in [0.1, 0.15) is 5.75 Å². The highest BCUT2D eigenvalue weighted by molar-refractivity contribution is 5.92. The predicted molar refractivity (Wildman–Crippen MR) is 93.3 cm³/mol. The van der Waals surface area contributed by atoms with Crippen LogP contribution in [0.25, 0.3) is 6.08 Å². The van der Waals surface area contributed by atoms with E-state index in [-0.39, 0.29) is 11.3 Å². The van der Waals surface area contributed by atoms with Crippen molar-refractivity contribution >= 4 is 12.0 Å². The number of methoxy groups -OCH3 is 1. The van der Waals surface area contributed by atoms with E-state index in [1.54, 1.807) is 13.2 Å². The van der Waals surface area contributed by atoms with Crippen molar-refractivity contribution in [2.45, 2.75) is 46.1 Å². The molecule has 2 fully saturated rings. The molecule has 23 heavy (non-hydrogen) atoms. The predicted octanol–water partition coefficient (Wildman–Crippen LogP) is 4.14. The third-order valence-electron chi connectivity index (χ3n) is 5.24. The maximum Gasteiger partial charge on any atom is 0.246 e. The summed E-state index contributed by atoms with van der Waals surface area (Å²) in [6.07, 6.45) is 7.03. The maximum atomic E-state index is 12.7. The molecule has 0 radical (unpaired) electrons. The van der Waals surface area contributed by atoms with Crippen LogP contribution in [0.4, 0.5) is 0 Å². The summed E-state index contributed by atoms with van der Waals surface area (Å²) >= 11 is 0. The van der Waals surface area contributed by atoms with E-state index < -0.39 is 0 Å². The molecule has 1 aromatic rings. The van der Waals surface area contributed by atoms with Gasteiger partial charge in [0.25, 0.3) is 0 Å². The van der Waals surface area contributed by atoms with Gasteiger partial charge in [0.2, 0.25) is 5.91 Å². The highest BCUT2D eigenvalue weighted by Crippen LogP contribution is 2.52. The first-order chi connectivity index (χ1) is 10.8. The summed E-state index contributed by atoms with van der Waals surface area (Å²) in [6.45, 7) is 7.88. The number of amides is 1. The van der Waals surface area contributed by atoms with E-state index in [9.17, 15) is 4.79 Å². The summed E-state index contributed by atoms with van der Waals surface area (Å²) < 4.78 is 5.34. The van der Waals surface area contributed by atoms with Gasteiger partial charge in [-0.1, -0.05) is 39.0 Å². The normalized spacial score (nSPS) is 29.0. The first-order valence-electron chi connectivity index (χ1n) is 8.44. The summed E-state index contributed by atoms with van der Waals surface area (Å²) in [6, 6.07) is 8.16. The molecule has 1 saturated carbocycles. The van der Waals surface area contributed by atoms with E-state index in [0.29, 0.717) is 11.5 Å². The second kappa shape index (κ2) is 5.70. The molecule has 0 N–H and O–H groups in total. The second-order valence-electron chi connectivity index (χ2n) is 8.26. The number of nitrogens with zero attached hydrogens (tertiary/aromatic N) is 1. The highest BCUT2D eigenvalue weighted by atomic mass is 16.5. The van der Waals surface area contributed by atoms with Gasteiger partial charge in [0.15, 0.2) is 0 Å². The Morgan fingerprint density at radius 2 is 2.00 bits per heavy atom. The van der Waals surface area contributed by atoms with Gasteiger partial charge < -0.3 is 9.64 Å². The largest absolute Gasteiger partial charge is 0.496 e. The number of rotatable bonds is 3. The molecule has 1 heterocycles. The van der Waals surface area contributed by atoms with E-state index in [4.69, 9.17) is 4.74 Å². The molecule has 2 atom stereocenters. The molecule has 2 bridgehead atoms. The molecule has 1 aliphatic heterocycles. The summed E-state index contributed by atoms with van der Waals surface area (Å²) in [7, 11) is 1.65. The standard InChI is InChI=1S/C20H27NO2/c1-19(2)11-16-12-20(3,13-19)14-21(16)18(22)10-9-15-7-5-6-8-17(15)23-4/h5-10,16H,11-14H2,1-4H3/b10-9+/t16-,20-/m1/s1. The molecule has 124 valence electrons. The van der Waals surface area contributed by atoms with Crippen molar-refractivity contribution in [1.82, 2.24) is 4.90 Å². The lowest BCUT2D eigenvalue weighted by Gasteiger charge is -2.39. The molecule has 2 aliphatic rings. The topological polar surface area (TPSA) is 29.5 Å². The Labute approximate surface area is 139 Å². The van der Waals surface area contributed by atoms with Crippen LogP contribution in [0.3, 0.4) is 0 Å². The van der Waals surface area contributed by atoms with E-state index in [0.717, 1.165) is 30.7 Å². The number of likely N-dealkylation sites (tertiary alicyclic amines) is 1. The summed E-state index contributed by atoms with van der Waals surface area (Å²) in [4.78, 5) is 14.8. The van der Waals surface area contributed by atoms with Gasteiger partial charge in [0.05, 0.1) is 7.11 Å². The lowest BCUT2D eigenvalue weighted by Crippen LogP contribution is -2.36. The van der Waals surface area contributed by atoms with Crippen LogP contribution in [0.1, 0.15) is 45.6 Å². The van der Waals surface area contributed by atoms with Crippen LogP contribution in [-0.2, 0) is 4.79 Å². The highest BCUT2D eigenvalue weighted by Gasteiger charge is 2.50. The molecule has 0 aromatic heterocycles. The van der Waals surface area contributed by atoms with E-state index in [2.05, 4.69) is 25.7 Å². The minimum atomic E-state index is 0.127. The first kappa shape index (κ1) is 16.1. The fourth-order valence-electron chi connectivity index (χ4n) is 4.78. The van der Waals surface area contributed by atoms with Crippen LogP contribution >= 0.6 is 0 Å². The summed E-state index contributed by atoms with van der Waals surface area (Å²) in [5.41, 5.74) is 1.55. The fourth-order valence-corrected chi connectivity index (χ4v) is 4.78. The molecule has 3 heteroatoms. The summed E-state index contributed by atoms with van der Waals surface area (Å²) in [5, 5.41) is 0. The SMILES string of the molecule is COc1ccccc1/C=C/C(=O)N1C[C@]2(C)C[C@H]1CC(C)(C)C2. The third kappa shape index (κ3) is 3.29. The lowest BCUT2D eigenvalue weighted by molar-refractivity contribution is -0.127. The van der Waals surface area contributed by atoms with Gasteiger partial charge in [-0.3, -0.25) is 4.79 Å². The Bertz CT molecular complexity index is 634.